The van der Waals surface area contributed by atoms with Crippen LogP contribution < -0.4 is 14.7 Å². The molecule has 0 bridgehead atoms. The first-order chi connectivity index (χ1) is 16.3. The molecule has 4 saturated heterocycles. The van der Waals surface area contributed by atoms with Crippen molar-refractivity contribution in [3.05, 3.63) is 23.8 Å². The molecular formula is C26H37F3N3O2+. The molecule has 4 aliphatic heterocycles. The van der Waals surface area contributed by atoms with Crippen LogP contribution in [0.15, 0.2) is 18.2 Å². The summed E-state index contributed by atoms with van der Waals surface area (Å²) in [4.78, 5) is 14.8. The predicted molar refractivity (Wildman–Crippen MR) is 127 cm³/mol. The van der Waals surface area contributed by atoms with Crippen LogP contribution in [-0.4, -0.2) is 57.4 Å². The lowest BCUT2D eigenvalue weighted by Gasteiger charge is -2.52. The molecule has 1 spiro atoms. The largest absolute Gasteiger partial charge is 0.418 e. The van der Waals surface area contributed by atoms with Gasteiger partial charge in [0.15, 0.2) is 0 Å². The zero-order chi connectivity index (χ0) is 24.0. The van der Waals surface area contributed by atoms with Crippen molar-refractivity contribution in [1.82, 2.24) is 9.80 Å². The Morgan fingerprint density at radius 2 is 1.82 bits per heavy atom. The lowest BCUT2D eigenvalue weighted by molar-refractivity contribution is -0.137. The first-order valence-electron chi connectivity index (χ1n) is 13.0. The Labute approximate surface area is 200 Å². The molecule has 1 amide bonds. The molecule has 4 heterocycles. The summed E-state index contributed by atoms with van der Waals surface area (Å²) in [7, 11) is 0. The van der Waals surface area contributed by atoms with Gasteiger partial charge in [0.05, 0.1) is 35.3 Å². The summed E-state index contributed by atoms with van der Waals surface area (Å²) in [5, 5.41) is 3.41. The maximum Gasteiger partial charge on any atom is 0.418 e. The van der Waals surface area contributed by atoms with E-state index < -0.39 is 17.2 Å². The minimum atomic E-state index is -4.52. The van der Waals surface area contributed by atoms with E-state index in [0.29, 0.717) is 49.5 Å². The fourth-order valence-corrected chi connectivity index (χ4v) is 7.19. The Morgan fingerprint density at radius 3 is 2.50 bits per heavy atom. The monoisotopic (exact) mass is 480 g/mol. The number of rotatable bonds is 3. The summed E-state index contributed by atoms with van der Waals surface area (Å²) >= 11 is 0. The van der Waals surface area contributed by atoms with Crippen LogP contribution in [0.5, 0.6) is 0 Å². The number of nitrogens with one attached hydrogen (secondary N) is 1. The van der Waals surface area contributed by atoms with Crippen molar-refractivity contribution >= 4 is 17.3 Å². The molecule has 5 rings (SSSR count). The number of carbonyl (C=O) groups excluding carboxylic acids is 1. The maximum atomic E-state index is 14.5. The molecule has 0 aromatic heterocycles. The molecule has 1 unspecified atom stereocenters. The number of quaternary nitrogens is 1. The molecule has 5 nitrogen and oxygen atoms in total. The smallest absolute Gasteiger partial charge is 0.381 e. The minimum absolute atomic E-state index is 0.0257. The van der Waals surface area contributed by atoms with Gasteiger partial charge in [0, 0.05) is 57.8 Å². The second kappa shape index (κ2) is 9.10. The van der Waals surface area contributed by atoms with Crippen LogP contribution in [0, 0.1) is 5.41 Å². The van der Waals surface area contributed by atoms with Crippen molar-refractivity contribution in [1.29, 1.82) is 0 Å². The number of carbonyl (C=O) groups is 1. The minimum Gasteiger partial charge on any atom is -0.381 e. The average molecular weight is 481 g/mol. The van der Waals surface area contributed by atoms with Crippen LogP contribution in [0.4, 0.5) is 24.5 Å². The maximum absolute atomic E-state index is 14.5. The fourth-order valence-electron chi connectivity index (χ4n) is 7.19. The van der Waals surface area contributed by atoms with Gasteiger partial charge in [-0.2, -0.15) is 13.2 Å². The highest BCUT2D eigenvalue weighted by atomic mass is 19.4. The number of anilines is 1. The summed E-state index contributed by atoms with van der Waals surface area (Å²) < 4.78 is 49.6. The quantitative estimate of drug-likeness (QED) is 0.628. The molecule has 4 fully saturated rings. The molecule has 4 aliphatic rings. The Hall–Kier alpha value is -1.64. The highest BCUT2D eigenvalue weighted by Crippen LogP contribution is 2.48. The Balaban J connectivity index is 1.56. The third-order valence-electron chi connectivity index (χ3n) is 9.17. The lowest BCUT2D eigenvalue weighted by atomic mass is 9.79. The van der Waals surface area contributed by atoms with E-state index in [4.69, 9.17) is 4.74 Å². The van der Waals surface area contributed by atoms with Gasteiger partial charge in [-0.25, -0.2) is 0 Å². The van der Waals surface area contributed by atoms with Crippen molar-refractivity contribution in [3.8, 4) is 0 Å². The number of benzene rings is 1. The third kappa shape index (κ3) is 3.95. The first kappa shape index (κ1) is 24.1. The normalized spacial score (nSPS) is 30.8. The molecule has 2 atom stereocenters. The number of hydrogen-bond acceptors (Lipinski definition) is 3. The van der Waals surface area contributed by atoms with Crippen LogP contribution in [-0.2, 0) is 15.7 Å². The number of ether oxygens (including phenoxy) is 1. The van der Waals surface area contributed by atoms with Gasteiger partial charge in [-0.05, 0) is 51.5 Å². The number of piperidine rings is 2. The van der Waals surface area contributed by atoms with Crippen LogP contribution in [0.2, 0.25) is 0 Å². The number of hydrogen-bond donors (Lipinski definition) is 1. The third-order valence-corrected chi connectivity index (χ3v) is 9.17. The van der Waals surface area contributed by atoms with Crippen molar-refractivity contribution < 1.29 is 22.7 Å². The summed E-state index contributed by atoms with van der Waals surface area (Å²) in [6.45, 7) is 6.25. The van der Waals surface area contributed by atoms with E-state index in [-0.39, 0.29) is 17.6 Å². The van der Waals surface area contributed by atoms with Crippen molar-refractivity contribution in [2.45, 2.75) is 76.6 Å². The van der Waals surface area contributed by atoms with E-state index in [2.05, 4.69) is 12.2 Å². The summed E-state index contributed by atoms with van der Waals surface area (Å²) in [6.07, 6.45) is 2.41. The molecule has 0 radical (unpaired) electrons. The predicted octanol–water partition coefficient (Wildman–Crippen LogP) is 4.87. The standard InChI is InChI=1S/C26H37F3N3O2/c1-19-4-2-3-15-32(19,20-7-12-30-13-8-20)21-5-6-23(22(18-21)26(27,28)29)31-14-9-25(24(31)33)10-16-34-17-11-25/h5-6,18-20,30H,2-4,7-17H2,1H3/q+1/t19-,32?/m0/s1. The first-order valence-corrected chi connectivity index (χ1v) is 13.0. The van der Waals surface area contributed by atoms with Crippen LogP contribution >= 0.6 is 0 Å². The number of halogens is 3. The van der Waals surface area contributed by atoms with E-state index >= 15 is 0 Å². The van der Waals surface area contributed by atoms with Gasteiger partial charge < -0.3 is 15.0 Å². The van der Waals surface area contributed by atoms with Gasteiger partial charge >= 0.3 is 6.18 Å². The van der Waals surface area contributed by atoms with E-state index in [9.17, 15) is 18.0 Å². The Kier molecular flexibility index (Phi) is 6.44. The van der Waals surface area contributed by atoms with E-state index in [1.807, 2.05) is 6.07 Å². The number of likely N-dealkylation sites (tertiary alicyclic amines) is 1. The van der Waals surface area contributed by atoms with Gasteiger partial charge in [-0.1, -0.05) is 0 Å². The number of alkyl halides is 3. The number of amides is 1. The van der Waals surface area contributed by atoms with E-state index in [1.165, 1.54) is 11.0 Å². The second-order valence-electron chi connectivity index (χ2n) is 10.8. The van der Waals surface area contributed by atoms with Crippen molar-refractivity contribution in [2.24, 2.45) is 5.41 Å². The zero-order valence-electron chi connectivity index (χ0n) is 20.1. The molecule has 188 valence electrons. The summed E-state index contributed by atoms with van der Waals surface area (Å²) in [5.74, 6) is -0.164. The van der Waals surface area contributed by atoms with E-state index in [1.54, 1.807) is 6.07 Å². The van der Waals surface area contributed by atoms with Gasteiger partial charge in [0.1, 0.15) is 5.69 Å². The molecule has 0 aliphatic carbocycles. The Morgan fingerprint density at radius 1 is 1.09 bits per heavy atom. The molecule has 1 aromatic carbocycles. The van der Waals surface area contributed by atoms with Gasteiger partial charge in [-0.3, -0.25) is 9.28 Å². The summed E-state index contributed by atoms with van der Waals surface area (Å²) in [5.41, 5.74) is -0.434. The number of nitrogens with zero attached hydrogens (tertiary/aromatic N) is 2. The molecule has 1 aromatic rings. The SMILES string of the molecule is C[C@H]1CCCC[N+]1(c1ccc(N2CCC3(CCOCC3)C2=O)c(C(F)(F)F)c1)C1CCNCC1. The lowest BCUT2D eigenvalue weighted by Crippen LogP contribution is -2.66. The second-order valence-corrected chi connectivity index (χ2v) is 10.8. The average Bonchev–Trinajstić information content (AvgIpc) is 3.15. The fraction of sp³-hybridized carbons (Fsp3) is 0.731. The molecule has 8 heteroatoms. The molecule has 34 heavy (non-hydrogen) atoms. The van der Waals surface area contributed by atoms with Crippen LogP contribution in [0.25, 0.3) is 0 Å². The summed E-state index contributed by atoms with van der Waals surface area (Å²) in [6, 6.07) is 5.49. The van der Waals surface area contributed by atoms with Gasteiger partial charge in [0.2, 0.25) is 5.91 Å². The van der Waals surface area contributed by atoms with Crippen molar-refractivity contribution in [3.63, 3.8) is 0 Å². The highest BCUT2D eigenvalue weighted by Gasteiger charge is 2.51. The van der Waals surface area contributed by atoms with Gasteiger partial charge in [0.25, 0.3) is 0 Å². The van der Waals surface area contributed by atoms with Crippen LogP contribution in [0.3, 0.4) is 0 Å². The molecule has 0 saturated carbocycles. The Bertz CT molecular complexity index is 909. The van der Waals surface area contributed by atoms with Gasteiger partial charge in [-0.15, -0.1) is 0 Å². The van der Waals surface area contributed by atoms with Crippen LogP contribution in [0.1, 0.15) is 63.9 Å². The topological polar surface area (TPSA) is 41.6 Å². The van der Waals surface area contributed by atoms with Crippen molar-refractivity contribution in [2.75, 3.05) is 44.3 Å². The zero-order valence-corrected chi connectivity index (χ0v) is 20.1. The molecule has 1 N–H and O–H groups in total. The van der Waals surface area contributed by atoms with E-state index in [0.717, 1.165) is 57.4 Å². The highest BCUT2D eigenvalue weighted by molar-refractivity contribution is 6.00. The molecular weight excluding hydrogens is 443 g/mol.